The van der Waals surface area contributed by atoms with E-state index in [4.69, 9.17) is 10.5 Å². The molecule has 0 bridgehead atoms. The molecule has 0 aliphatic carbocycles. The molecule has 0 aliphatic heterocycles. The number of hydrogen-bond acceptors (Lipinski definition) is 4. The lowest BCUT2D eigenvalue weighted by atomic mass is 10.1. The van der Waals surface area contributed by atoms with Gasteiger partial charge in [0.25, 0.3) is 0 Å². The predicted molar refractivity (Wildman–Crippen MR) is 75.0 cm³/mol. The molecule has 1 atom stereocenters. The largest absolute Gasteiger partial charge is 0.487 e. The molecule has 0 aliphatic rings. The summed E-state index contributed by atoms with van der Waals surface area (Å²) in [6.07, 6.45) is 0. The summed E-state index contributed by atoms with van der Waals surface area (Å²) in [6.45, 7) is 6.53. The Morgan fingerprint density at radius 1 is 1.39 bits per heavy atom. The van der Waals surface area contributed by atoms with Crippen molar-refractivity contribution < 1.29 is 4.74 Å². The third kappa shape index (κ3) is 3.09. The van der Waals surface area contributed by atoms with Crippen LogP contribution in [0.5, 0.6) is 5.75 Å². The summed E-state index contributed by atoms with van der Waals surface area (Å²) in [5.74, 6) is 0.894. The zero-order valence-corrected chi connectivity index (χ0v) is 11.8. The lowest BCUT2D eigenvalue weighted by Gasteiger charge is -2.11. The van der Waals surface area contributed by atoms with Crippen molar-refractivity contribution in [1.29, 1.82) is 0 Å². The molecule has 2 rings (SSSR count). The van der Waals surface area contributed by atoms with E-state index in [9.17, 15) is 0 Å². The minimum atomic E-state index is 0.0546. The molecule has 18 heavy (non-hydrogen) atoms. The zero-order valence-electron chi connectivity index (χ0n) is 10.9. The van der Waals surface area contributed by atoms with Crippen molar-refractivity contribution in [1.82, 2.24) is 4.98 Å². The van der Waals surface area contributed by atoms with Gasteiger partial charge in [-0.3, -0.25) is 0 Å². The van der Waals surface area contributed by atoms with Crippen LogP contribution in [0.2, 0.25) is 0 Å². The average molecular weight is 262 g/mol. The van der Waals surface area contributed by atoms with Gasteiger partial charge < -0.3 is 10.5 Å². The van der Waals surface area contributed by atoms with Crippen LogP contribution in [-0.2, 0) is 6.61 Å². The minimum absolute atomic E-state index is 0.0546. The first-order chi connectivity index (χ1) is 8.56. The van der Waals surface area contributed by atoms with Crippen LogP contribution in [0.3, 0.4) is 0 Å². The van der Waals surface area contributed by atoms with Crippen LogP contribution in [0.4, 0.5) is 0 Å². The van der Waals surface area contributed by atoms with Gasteiger partial charge in [-0.25, -0.2) is 4.98 Å². The summed E-state index contributed by atoms with van der Waals surface area (Å²) in [7, 11) is 0. The van der Waals surface area contributed by atoms with Gasteiger partial charge in [-0.15, -0.1) is 11.3 Å². The number of benzene rings is 1. The molecule has 1 aromatic carbocycles. The Labute approximate surface area is 112 Å². The normalized spacial score (nSPS) is 12.4. The van der Waals surface area contributed by atoms with Gasteiger partial charge >= 0.3 is 0 Å². The first-order valence-electron chi connectivity index (χ1n) is 5.96. The highest BCUT2D eigenvalue weighted by molar-refractivity contribution is 7.09. The molecule has 96 valence electrons. The first kappa shape index (κ1) is 13.1. The van der Waals surface area contributed by atoms with Gasteiger partial charge in [0.05, 0.1) is 10.7 Å². The Bertz CT molecular complexity index is 534. The third-order valence-electron chi connectivity index (χ3n) is 2.77. The van der Waals surface area contributed by atoms with Crippen molar-refractivity contribution in [3.8, 4) is 5.75 Å². The van der Waals surface area contributed by atoms with Gasteiger partial charge in [-0.2, -0.15) is 0 Å². The summed E-state index contributed by atoms with van der Waals surface area (Å²) in [5, 5.41) is 3.10. The highest BCUT2D eigenvalue weighted by Crippen LogP contribution is 2.23. The van der Waals surface area contributed by atoms with E-state index in [1.54, 1.807) is 11.3 Å². The molecule has 0 fully saturated rings. The third-order valence-corrected chi connectivity index (χ3v) is 3.59. The molecule has 0 amide bonds. The number of nitrogens with zero attached hydrogens (tertiary/aromatic N) is 1. The topological polar surface area (TPSA) is 48.1 Å². The van der Waals surface area contributed by atoms with Crippen molar-refractivity contribution in [3.63, 3.8) is 0 Å². The number of nitrogens with two attached hydrogens (primary N) is 1. The molecule has 0 saturated carbocycles. The Morgan fingerprint density at radius 3 is 2.72 bits per heavy atom. The second kappa shape index (κ2) is 5.50. The van der Waals surface area contributed by atoms with E-state index in [1.807, 2.05) is 38.3 Å². The lowest BCUT2D eigenvalue weighted by Crippen LogP contribution is -2.05. The molecule has 0 radical (unpaired) electrons. The number of aryl methyl sites for hydroxylation is 2. The first-order valence-corrected chi connectivity index (χ1v) is 6.84. The number of rotatable bonds is 4. The Balaban J connectivity index is 2.05. The summed E-state index contributed by atoms with van der Waals surface area (Å²) in [6, 6.07) is 6.12. The van der Waals surface area contributed by atoms with Crippen LogP contribution >= 0.6 is 11.3 Å². The summed E-state index contributed by atoms with van der Waals surface area (Å²) >= 11 is 1.64. The highest BCUT2D eigenvalue weighted by Gasteiger charge is 2.05. The standard InChI is InChI=1S/C14H18N2OS/c1-9-6-12(10(2)15)4-5-14(9)17-7-13-8-18-11(3)16-13/h4-6,8,10H,7,15H2,1-3H3/t10-/m1/s1. The van der Waals surface area contributed by atoms with E-state index in [2.05, 4.69) is 11.1 Å². The van der Waals surface area contributed by atoms with Crippen LogP contribution in [0.1, 0.15) is 34.8 Å². The molecule has 4 heteroatoms. The lowest BCUT2D eigenvalue weighted by molar-refractivity contribution is 0.300. The van der Waals surface area contributed by atoms with E-state index in [0.29, 0.717) is 6.61 Å². The van der Waals surface area contributed by atoms with E-state index < -0.39 is 0 Å². The fourth-order valence-corrected chi connectivity index (χ4v) is 2.34. The van der Waals surface area contributed by atoms with Gasteiger partial charge in [0.1, 0.15) is 12.4 Å². The SMILES string of the molecule is Cc1nc(COc2ccc([C@@H](C)N)cc2C)cs1. The van der Waals surface area contributed by atoms with Crippen LogP contribution in [0.15, 0.2) is 23.6 Å². The van der Waals surface area contributed by atoms with Gasteiger partial charge in [0.2, 0.25) is 0 Å². The van der Waals surface area contributed by atoms with Crippen molar-refractivity contribution >= 4 is 11.3 Å². The molecule has 0 saturated heterocycles. The van der Waals surface area contributed by atoms with Gasteiger partial charge in [0, 0.05) is 11.4 Å². The minimum Gasteiger partial charge on any atom is -0.487 e. The van der Waals surface area contributed by atoms with Crippen LogP contribution in [-0.4, -0.2) is 4.98 Å². The Morgan fingerprint density at radius 2 is 2.17 bits per heavy atom. The van der Waals surface area contributed by atoms with E-state index >= 15 is 0 Å². The fourth-order valence-electron chi connectivity index (χ4n) is 1.74. The number of ether oxygens (including phenoxy) is 1. The maximum Gasteiger partial charge on any atom is 0.131 e. The molecule has 2 N–H and O–H groups in total. The van der Waals surface area contributed by atoms with Crippen LogP contribution in [0, 0.1) is 13.8 Å². The van der Waals surface area contributed by atoms with Crippen molar-refractivity contribution in [2.24, 2.45) is 5.73 Å². The van der Waals surface area contributed by atoms with Gasteiger partial charge in [-0.05, 0) is 38.0 Å². The summed E-state index contributed by atoms with van der Waals surface area (Å²) in [4.78, 5) is 4.37. The Kier molecular flexibility index (Phi) is 3.99. The van der Waals surface area contributed by atoms with Gasteiger partial charge in [-0.1, -0.05) is 12.1 Å². The number of thiazole rings is 1. The second-order valence-electron chi connectivity index (χ2n) is 4.46. The molecular formula is C14H18N2OS. The second-order valence-corrected chi connectivity index (χ2v) is 5.52. The molecule has 0 unspecified atom stereocenters. The number of hydrogen-bond donors (Lipinski definition) is 1. The van der Waals surface area contributed by atoms with Crippen LogP contribution < -0.4 is 10.5 Å². The molecule has 1 aromatic heterocycles. The van der Waals surface area contributed by atoms with E-state index in [1.165, 1.54) is 0 Å². The predicted octanol–water partition coefficient (Wildman–Crippen LogP) is 3.36. The average Bonchev–Trinajstić information content (AvgIpc) is 2.73. The maximum atomic E-state index is 5.85. The zero-order chi connectivity index (χ0) is 13.1. The summed E-state index contributed by atoms with van der Waals surface area (Å²) < 4.78 is 5.77. The van der Waals surface area contributed by atoms with Crippen molar-refractivity contribution in [2.45, 2.75) is 33.4 Å². The molecule has 1 heterocycles. The quantitative estimate of drug-likeness (QED) is 0.919. The van der Waals surface area contributed by atoms with E-state index in [-0.39, 0.29) is 6.04 Å². The fraction of sp³-hybridized carbons (Fsp3) is 0.357. The number of aromatic nitrogens is 1. The molecule has 2 aromatic rings. The smallest absolute Gasteiger partial charge is 0.131 e. The molecule has 3 nitrogen and oxygen atoms in total. The summed E-state index contributed by atoms with van der Waals surface area (Å²) in [5.41, 5.74) is 9.07. The van der Waals surface area contributed by atoms with Crippen molar-refractivity contribution in [2.75, 3.05) is 0 Å². The highest BCUT2D eigenvalue weighted by atomic mass is 32.1. The molecular weight excluding hydrogens is 244 g/mol. The monoisotopic (exact) mass is 262 g/mol. The maximum absolute atomic E-state index is 5.85. The van der Waals surface area contributed by atoms with Crippen molar-refractivity contribution in [3.05, 3.63) is 45.4 Å². The van der Waals surface area contributed by atoms with Crippen LogP contribution in [0.25, 0.3) is 0 Å². The van der Waals surface area contributed by atoms with E-state index in [0.717, 1.165) is 27.6 Å². The molecule has 0 spiro atoms. The van der Waals surface area contributed by atoms with Gasteiger partial charge in [0.15, 0.2) is 0 Å². The Hall–Kier alpha value is -1.39.